The summed E-state index contributed by atoms with van der Waals surface area (Å²) in [6.07, 6.45) is 1.94. The zero-order valence-corrected chi connectivity index (χ0v) is 24.0. The summed E-state index contributed by atoms with van der Waals surface area (Å²) in [5.74, 6) is 0.0689. The second-order valence-corrected chi connectivity index (χ2v) is 10.9. The zero-order chi connectivity index (χ0) is 28.7. The maximum absolute atomic E-state index is 14.3. The highest BCUT2D eigenvalue weighted by atomic mass is 32.1. The van der Waals surface area contributed by atoms with E-state index in [2.05, 4.69) is 30.1 Å². The highest BCUT2D eigenvalue weighted by molar-refractivity contribution is 7.07. The molecule has 8 heteroatoms. The third kappa shape index (κ3) is 4.60. The second-order valence-electron chi connectivity index (χ2n) is 9.87. The first-order valence-corrected chi connectivity index (χ1v) is 14.2. The number of carbonyl (C=O) groups excluding carboxylic acids is 1. The zero-order valence-electron chi connectivity index (χ0n) is 23.2. The molecule has 0 saturated carbocycles. The Balaban J connectivity index is 1.64. The van der Waals surface area contributed by atoms with Crippen molar-refractivity contribution in [2.24, 2.45) is 4.99 Å². The van der Waals surface area contributed by atoms with Crippen LogP contribution < -0.4 is 19.6 Å². The predicted molar refractivity (Wildman–Crippen MR) is 162 cm³/mol. The lowest BCUT2D eigenvalue weighted by Crippen LogP contribution is -2.40. The largest absolute Gasteiger partial charge is 0.496 e. The van der Waals surface area contributed by atoms with Crippen LogP contribution >= 0.6 is 11.3 Å². The molecule has 0 saturated heterocycles. The molecule has 0 aliphatic carbocycles. The molecule has 2 aromatic heterocycles. The Hall–Kier alpha value is -4.69. The molecule has 0 unspecified atom stereocenters. The number of rotatable bonds is 6. The molecular weight excluding hydrogens is 534 g/mol. The number of nitrogens with zero attached hydrogens (tertiary/aromatic N) is 2. The molecule has 7 nitrogen and oxygen atoms in total. The molecule has 1 N–H and O–H groups in total. The van der Waals surface area contributed by atoms with Crippen molar-refractivity contribution in [3.8, 4) is 17.0 Å². The number of nitrogens with one attached hydrogen (secondary N) is 1. The summed E-state index contributed by atoms with van der Waals surface area (Å²) < 4.78 is 13.2. The Bertz CT molecular complexity index is 2010. The number of hydrogen-bond acceptors (Lipinski definition) is 6. The molecule has 0 radical (unpaired) electrons. The average molecular weight is 564 g/mol. The number of fused-ring (bicyclic) bond motifs is 2. The maximum Gasteiger partial charge on any atom is 0.338 e. The third-order valence-corrected chi connectivity index (χ3v) is 8.27. The van der Waals surface area contributed by atoms with Gasteiger partial charge in [-0.05, 0) is 50.6 Å². The van der Waals surface area contributed by atoms with Crippen molar-refractivity contribution in [3.63, 3.8) is 0 Å². The summed E-state index contributed by atoms with van der Waals surface area (Å²) in [5.41, 5.74) is 6.28. The van der Waals surface area contributed by atoms with Crippen molar-refractivity contribution in [2.75, 3.05) is 13.7 Å². The molecular formula is C33H29N3O4S. The molecule has 0 fully saturated rings. The first-order chi connectivity index (χ1) is 19.9. The van der Waals surface area contributed by atoms with Crippen LogP contribution in [0.1, 0.15) is 36.6 Å². The number of ether oxygens (including phenoxy) is 2. The minimum Gasteiger partial charge on any atom is -0.496 e. The van der Waals surface area contributed by atoms with Gasteiger partial charge in [-0.25, -0.2) is 9.79 Å². The number of esters is 1. The topological polar surface area (TPSA) is 85.7 Å². The van der Waals surface area contributed by atoms with E-state index in [9.17, 15) is 9.59 Å². The van der Waals surface area contributed by atoms with Gasteiger partial charge in [0.2, 0.25) is 0 Å². The van der Waals surface area contributed by atoms with Gasteiger partial charge in [-0.3, -0.25) is 9.36 Å². The SMILES string of the molecule is CCOC(=O)C1=C(C)N=c2s/c(=C/c3c(-c4ccccc4)[nH]c4ccc(C)cc34)c(=O)n2[C@H]1c1ccccc1OC. The Labute approximate surface area is 240 Å². The Morgan fingerprint density at radius 1 is 1.07 bits per heavy atom. The highest BCUT2D eigenvalue weighted by Gasteiger charge is 2.35. The lowest BCUT2D eigenvalue weighted by molar-refractivity contribution is -0.139. The van der Waals surface area contributed by atoms with Crippen LogP contribution in [0.2, 0.25) is 0 Å². The standard InChI is InChI=1S/C33H29N3O4S/c1-5-40-32(38)28-20(3)34-33-36(30(28)22-13-9-10-14-26(22)39-4)31(37)27(41-33)18-24-23-17-19(2)15-16-25(23)35-29(24)21-11-7-6-8-12-21/h6-18,30,35H,5H2,1-4H3/b27-18+/t30-/m0/s1. The van der Waals surface area contributed by atoms with Gasteiger partial charge in [0.25, 0.3) is 5.56 Å². The van der Waals surface area contributed by atoms with Gasteiger partial charge in [-0.15, -0.1) is 0 Å². The van der Waals surface area contributed by atoms with E-state index in [1.165, 1.54) is 11.3 Å². The number of benzene rings is 3. The van der Waals surface area contributed by atoms with Crippen LogP contribution in [-0.4, -0.2) is 29.2 Å². The molecule has 1 aliphatic rings. The number of aryl methyl sites for hydroxylation is 1. The monoisotopic (exact) mass is 563 g/mol. The predicted octanol–water partition coefficient (Wildman–Crippen LogP) is 5.26. The first-order valence-electron chi connectivity index (χ1n) is 13.4. The summed E-state index contributed by atoms with van der Waals surface area (Å²) in [6, 6.07) is 23.0. The van der Waals surface area contributed by atoms with Crippen molar-refractivity contribution < 1.29 is 14.3 Å². The second kappa shape index (κ2) is 10.7. The molecule has 1 atom stereocenters. The lowest BCUT2D eigenvalue weighted by Gasteiger charge is -2.25. The van der Waals surface area contributed by atoms with E-state index in [-0.39, 0.29) is 12.2 Å². The number of methoxy groups -OCH3 is 1. The minimum atomic E-state index is -0.748. The summed E-state index contributed by atoms with van der Waals surface area (Å²) in [4.78, 5) is 36.3. The van der Waals surface area contributed by atoms with E-state index in [0.717, 1.165) is 33.3 Å². The molecule has 41 heavy (non-hydrogen) atoms. The molecule has 1 aliphatic heterocycles. The van der Waals surface area contributed by atoms with Crippen LogP contribution in [0.25, 0.3) is 28.2 Å². The maximum atomic E-state index is 14.3. The van der Waals surface area contributed by atoms with Crippen molar-refractivity contribution in [1.29, 1.82) is 0 Å². The first kappa shape index (κ1) is 26.5. The summed E-state index contributed by atoms with van der Waals surface area (Å²) >= 11 is 1.31. The van der Waals surface area contributed by atoms with E-state index in [4.69, 9.17) is 14.5 Å². The third-order valence-electron chi connectivity index (χ3n) is 7.28. The van der Waals surface area contributed by atoms with Gasteiger partial charge in [-0.2, -0.15) is 0 Å². The van der Waals surface area contributed by atoms with Gasteiger partial charge in [-0.1, -0.05) is 71.5 Å². The van der Waals surface area contributed by atoms with Crippen LogP contribution in [0.4, 0.5) is 0 Å². The van der Waals surface area contributed by atoms with E-state index < -0.39 is 12.0 Å². The van der Waals surface area contributed by atoms with Crippen LogP contribution in [0, 0.1) is 6.92 Å². The molecule has 0 spiro atoms. The number of hydrogen-bond donors (Lipinski definition) is 1. The number of H-pyrrole nitrogens is 1. The van der Waals surface area contributed by atoms with Gasteiger partial charge in [0.1, 0.15) is 11.8 Å². The van der Waals surface area contributed by atoms with Crippen LogP contribution in [0.15, 0.2) is 93.9 Å². The summed E-state index contributed by atoms with van der Waals surface area (Å²) in [6.45, 7) is 5.80. The molecule has 206 valence electrons. The highest BCUT2D eigenvalue weighted by Crippen LogP contribution is 2.36. The molecule has 3 aromatic carbocycles. The van der Waals surface area contributed by atoms with Gasteiger partial charge in [0, 0.05) is 22.0 Å². The minimum absolute atomic E-state index is 0.209. The molecule has 6 rings (SSSR count). The van der Waals surface area contributed by atoms with Crippen LogP contribution in [0.3, 0.4) is 0 Å². The number of thiazole rings is 1. The molecule has 0 bridgehead atoms. The summed E-state index contributed by atoms with van der Waals surface area (Å²) in [7, 11) is 1.58. The Morgan fingerprint density at radius 2 is 1.83 bits per heavy atom. The normalized spacial score (nSPS) is 15.1. The van der Waals surface area contributed by atoms with Crippen molar-refractivity contribution >= 4 is 34.3 Å². The van der Waals surface area contributed by atoms with Gasteiger partial charge < -0.3 is 14.5 Å². The van der Waals surface area contributed by atoms with E-state index in [0.29, 0.717) is 31.9 Å². The molecule has 3 heterocycles. The Kier molecular flexibility index (Phi) is 6.93. The van der Waals surface area contributed by atoms with Gasteiger partial charge in [0.15, 0.2) is 4.80 Å². The lowest BCUT2D eigenvalue weighted by atomic mass is 9.95. The number of allylic oxidation sites excluding steroid dienone is 1. The summed E-state index contributed by atoms with van der Waals surface area (Å²) in [5, 5.41) is 1.03. The fourth-order valence-electron chi connectivity index (χ4n) is 5.42. The van der Waals surface area contributed by atoms with E-state index in [1.54, 1.807) is 25.5 Å². The number of carbonyl (C=O) groups is 1. The Morgan fingerprint density at radius 3 is 2.59 bits per heavy atom. The van der Waals surface area contributed by atoms with E-state index >= 15 is 0 Å². The van der Waals surface area contributed by atoms with Crippen LogP contribution in [-0.2, 0) is 9.53 Å². The van der Waals surface area contributed by atoms with Crippen LogP contribution in [0.5, 0.6) is 5.75 Å². The molecule has 0 amide bonds. The fourth-order valence-corrected chi connectivity index (χ4v) is 6.45. The smallest absolute Gasteiger partial charge is 0.338 e. The number of para-hydroxylation sites is 1. The van der Waals surface area contributed by atoms with Crippen molar-refractivity contribution in [2.45, 2.75) is 26.8 Å². The van der Waals surface area contributed by atoms with Crippen molar-refractivity contribution in [3.05, 3.63) is 120 Å². The van der Waals surface area contributed by atoms with Gasteiger partial charge >= 0.3 is 5.97 Å². The molecule has 5 aromatic rings. The van der Waals surface area contributed by atoms with E-state index in [1.807, 2.05) is 60.7 Å². The number of aromatic amines is 1. The average Bonchev–Trinajstić information content (AvgIpc) is 3.49. The van der Waals surface area contributed by atoms with Gasteiger partial charge in [0.05, 0.1) is 35.2 Å². The van der Waals surface area contributed by atoms with Crippen molar-refractivity contribution in [1.82, 2.24) is 9.55 Å². The quantitative estimate of drug-likeness (QED) is 0.286. The fraction of sp³-hybridized carbons (Fsp3) is 0.182. The number of aromatic nitrogens is 2.